The van der Waals surface area contributed by atoms with E-state index in [1.54, 1.807) is 0 Å². The lowest BCUT2D eigenvalue weighted by Gasteiger charge is -2.42. The van der Waals surface area contributed by atoms with Crippen molar-refractivity contribution in [3.8, 4) is 0 Å². The molecule has 2 atom stereocenters. The first-order chi connectivity index (χ1) is 11.7. The molecule has 0 radical (unpaired) electrons. The van der Waals surface area contributed by atoms with Crippen LogP contribution in [0.4, 0.5) is 8.78 Å². The fourth-order valence-corrected chi connectivity index (χ4v) is 4.91. The highest BCUT2D eigenvalue weighted by Gasteiger charge is 2.53. The van der Waals surface area contributed by atoms with E-state index in [2.05, 4.69) is 0 Å². The smallest absolute Gasteiger partial charge is 0.313 e. The van der Waals surface area contributed by atoms with Gasteiger partial charge in [0.05, 0.1) is 11.0 Å². The molecule has 1 aromatic rings. The van der Waals surface area contributed by atoms with Crippen molar-refractivity contribution in [1.82, 2.24) is 4.31 Å². The molecule has 2 fully saturated rings. The molecule has 0 bridgehead atoms. The summed E-state index contributed by atoms with van der Waals surface area (Å²) in [6, 6.07) is 2.25. The van der Waals surface area contributed by atoms with Crippen LogP contribution >= 0.6 is 0 Å². The molecule has 0 amide bonds. The standard InChI is InChI=1S/C16H19F2NO5S/c17-12-4-3-11(7-13(12)18)25(23,24)19-6-5-14(20)16(9-19,15(21)22)8-10-1-2-10/h3-4,7,10,14,20H,1-2,5-6,8-9H2,(H,21,22)/t14-,16+/m1/s1. The summed E-state index contributed by atoms with van der Waals surface area (Å²) in [5.74, 6) is -3.53. The third-order valence-electron chi connectivity index (χ3n) is 5.05. The van der Waals surface area contributed by atoms with Crippen LogP contribution < -0.4 is 0 Å². The Bertz CT molecular complexity index is 796. The van der Waals surface area contributed by atoms with E-state index in [1.807, 2.05) is 0 Å². The number of carboxylic acid groups (broad SMARTS) is 1. The molecular weight excluding hydrogens is 356 g/mol. The van der Waals surface area contributed by atoms with Gasteiger partial charge in [-0.05, 0) is 37.0 Å². The van der Waals surface area contributed by atoms with Gasteiger partial charge in [-0.1, -0.05) is 12.8 Å². The molecule has 3 rings (SSSR count). The van der Waals surface area contributed by atoms with Gasteiger partial charge in [-0.25, -0.2) is 17.2 Å². The number of halogens is 2. The Hall–Kier alpha value is -1.58. The fourth-order valence-electron chi connectivity index (χ4n) is 3.37. The number of aliphatic hydroxyl groups is 1. The molecule has 0 aromatic heterocycles. The minimum absolute atomic E-state index is 0.0259. The first kappa shape index (κ1) is 18.2. The number of sulfonamides is 1. The molecule has 2 aliphatic rings. The van der Waals surface area contributed by atoms with Gasteiger partial charge in [-0.3, -0.25) is 4.79 Å². The summed E-state index contributed by atoms with van der Waals surface area (Å²) >= 11 is 0. The molecule has 0 spiro atoms. The molecule has 25 heavy (non-hydrogen) atoms. The van der Waals surface area contributed by atoms with Crippen molar-refractivity contribution in [2.75, 3.05) is 13.1 Å². The molecule has 1 saturated carbocycles. The van der Waals surface area contributed by atoms with E-state index in [9.17, 15) is 32.2 Å². The van der Waals surface area contributed by atoms with Gasteiger partial charge in [0, 0.05) is 13.1 Å². The topological polar surface area (TPSA) is 94.9 Å². The number of piperidine rings is 1. The van der Waals surface area contributed by atoms with E-state index in [4.69, 9.17) is 0 Å². The number of carboxylic acids is 1. The number of hydrogen-bond acceptors (Lipinski definition) is 4. The maximum atomic E-state index is 13.4. The van der Waals surface area contributed by atoms with Crippen molar-refractivity contribution < 1.29 is 32.2 Å². The largest absolute Gasteiger partial charge is 0.481 e. The van der Waals surface area contributed by atoms with Gasteiger partial charge in [0.1, 0.15) is 5.41 Å². The number of rotatable bonds is 5. The van der Waals surface area contributed by atoms with Crippen molar-refractivity contribution >= 4 is 16.0 Å². The molecule has 0 unspecified atom stereocenters. The number of aliphatic hydroxyl groups excluding tert-OH is 1. The highest BCUT2D eigenvalue weighted by atomic mass is 32.2. The van der Waals surface area contributed by atoms with E-state index >= 15 is 0 Å². The molecule has 1 aromatic carbocycles. The Kier molecular flexibility index (Phi) is 4.59. The summed E-state index contributed by atoms with van der Waals surface area (Å²) < 4.78 is 52.9. The number of benzene rings is 1. The van der Waals surface area contributed by atoms with Crippen LogP contribution in [0.25, 0.3) is 0 Å². The lowest BCUT2D eigenvalue weighted by atomic mass is 9.74. The Balaban J connectivity index is 1.93. The highest BCUT2D eigenvalue weighted by molar-refractivity contribution is 7.89. The average Bonchev–Trinajstić information content (AvgIpc) is 3.35. The summed E-state index contributed by atoms with van der Waals surface area (Å²) in [4.78, 5) is 11.4. The second-order valence-corrected chi connectivity index (χ2v) is 8.77. The third-order valence-corrected chi connectivity index (χ3v) is 6.89. The Morgan fingerprint density at radius 2 is 1.92 bits per heavy atom. The molecule has 9 heteroatoms. The number of nitrogens with zero attached hydrogens (tertiary/aromatic N) is 1. The second-order valence-electron chi connectivity index (χ2n) is 6.83. The number of carbonyl (C=O) groups is 1. The first-order valence-corrected chi connectivity index (χ1v) is 9.47. The molecule has 1 aliphatic heterocycles. The average molecular weight is 375 g/mol. The predicted octanol–water partition coefficient (Wildman–Crippen LogP) is 1.59. The molecule has 138 valence electrons. The van der Waals surface area contributed by atoms with Crippen LogP contribution in [0.5, 0.6) is 0 Å². The van der Waals surface area contributed by atoms with Gasteiger partial charge in [0.25, 0.3) is 0 Å². The van der Waals surface area contributed by atoms with Crippen LogP contribution in [0.3, 0.4) is 0 Å². The SMILES string of the molecule is O=C(O)[C@@]1(CC2CC2)CN(S(=O)(=O)c2ccc(F)c(F)c2)CC[C@H]1O. The van der Waals surface area contributed by atoms with Gasteiger partial charge in [-0.2, -0.15) is 4.31 Å². The summed E-state index contributed by atoms with van der Waals surface area (Å²) in [5, 5.41) is 20.0. The quantitative estimate of drug-likeness (QED) is 0.815. The molecular formula is C16H19F2NO5S. The van der Waals surface area contributed by atoms with Crippen molar-refractivity contribution in [2.45, 2.75) is 36.7 Å². The zero-order valence-corrected chi connectivity index (χ0v) is 14.2. The van der Waals surface area contributed by atoms with E-state index in [1.165, 1.54) is 0 Å². The fraction of sp³-hybridized carbons (Fsp3) is 0.562. The second kappa shape index (κ2) is 6.30. The molecule has 1 saturated heterocycles. The number of hydrogen-bond donors (Lipinski definition) is 2. The van der Waals surface area contributed by atoms with E-state index in [0.717, 1.165) is 29.3 Å². The van der Waals surface area contributed by atoms with Crippen LogP contribution in [-0.2, 0) is 14.8 Å². The highest BCUT2D eigenvalue weighted by Crippen LogP contribution is 2.45. The van der Waals surface area contributed by atoms with Crippen molar-refractivity contribution in [2.24, 2.45) is 11.3 Å². The third kappa shape index (κ3) is 3.28. The summed E-state index contributed by atoms with van der Waals surface area (Å²) in [7, 11) is -4.19. The van der Waals surface area contributed by atoms with Crippen LogP contribution in [0, 0.1) is 23.0 Å². The van der Waals surface area contributed by atoms with E-state index < -0.39 is 44.0 Å². The van der Waals surface area contributed by atoms with Gasteiger partial charge in [-0.15, -0.1) is 0 Å². The van der Waals surface area contributed by atoms with Gasteiger partial charge >= 0.3 is 5.97 Å². The zero-order chi connectivity index (χ0) is 18.4. The summed E-state index contributed by atoms with van der Waals surface area (Å²) in [6.45, 7) is -0.469. The minimum atomic E-state index is -4.19. The lowest BCUT2D eigenvalue weighted by molar-refractivity contribution is -0.162. The first-order valence-electron chi connectivity index (χ1n) is 8.03. The van der Waals surface area contributed by atoms with Crippen LogP contribution in [0.1, 0.15) is 25.7 Å². The van der Waals surface area contributed by atoms with Crippen molar-refractivity contribution in [3.05, 3.63) is 29.8 Å². The predicted molar refractivity (Wildman–Crippen MR) is 83.2 cm³/mol. The van der Waals surface area contributed by atoms with Crippen molar-refractivity contribution in [3.63, 3.8) is 0 Å². The minimum Gasteiger partial charge on any atom is -0.481 e. The van der Waals surface area contributed by atoms with Gasteiger partial charge in [0.15, 0.2) is 11.6 Å². The maximum Gasteiger partial charge on any atom is 0.313 e. The lowest BCUT2D eigenvalue weighted by Crippen LogP contribution is -2.57. The normalized spacial score (nSPS) is 28.0. The van der Waals surface area contributed by atoms with Crippen LogP contribution in [-0.4, -0.2) is 48.1 Å². The van der Waals surface area contributed by atoms with E-state index in [-0.39, 0.29) is 31.8 Å². The molecule has 1 aliphatic carbocycles. The maximum absolute atomic E-state index is 13.4. The Morgan fingerprint density at radius 3 is 2.48 bits per heavy atom. The Labute approximate surface area is 144 Å². The summed E-state index contributed by atoms with van der Waals surface area (Å²) in [5.41, 5.74) is -1.58. The Morgan fingerprint density at radius 1 is 1.24 bits per heavy atom. The van der Waals surface area contributed by atoms with Crippen LogP contribution in [0.2, 0.25) is 0 Å². The molecule has 6 nitrogen and oxygen atoms in total. The van der Waals surface area contributed by atoms with Gasteiger partial charge < -0.3 is 10.2 Å². The summed E-state index contributed by atoms with van der Waals surface area (Å²) in [6.07, 6.45) is 0.743. The monoisotopic (exact) mass is 375 g/mol. The van der Waals surface area contributed by atoms with Crippen LogP contribution in [0.15, 0.2) is 23.1 Å². The van der Waals surface area contributed by atoms with Crippen molar-refractivity contribution in [1.29, 1.82) is 0 Å². The molecule has 1 heterocycles. The van der Waals surface area contributed by atoms with Gasteiger partial charge in [0.2, 0.25) is 10.0 Å². The van der Waals surface area contributed by atoms with E-state index in [0.29, 0.717) is 6.07 Å². The number of aliphatic carboxylic acids is 1. The molecule has 2 N–H and O–H groups in total. The zero-order valence-electron chi connectivity index (χ0n) is 13.4.